The number of esters is 1. The number of rotatable bonds is 3. The molecule has 1 fully saturated rings. The van der Waals surface area contributed by atoms with Gasteiger partial charge in [0.15, 0.2) is 5.17 Å². The van der Waals surface area contributed by atoms with Crippen LogP contribution in [-0.4, -0.2) is 33.8 Å². The molecule has 0 bridgehead atoms. The number of amides is 1. The number of amidine groups is 1. The van der Waals surface area contributed by atoms with Crippen molar-refractivity contribution in [2.24, 2.45) is 4.99 Å². The number of fused-ring (bicyclic) bond motifs is 1. The Kier molecular flexibility index (Phi) is 4.83. The van der Waals surface area contributed by atoms with Crippen molar-refractivity contribution in [3.63, 3.8) is 0 Å². The average molecular weight is 409 g/mol. The zero-order valence-corrected chi connectivity index (χ0v) is 16.0. The number of carbonyl (C=O) groups excluding carboxylic acids is 2. The summed E-state index contributed by atoms with van der Waals surface area (Å²) in [6, 6.07) is 7.11. The van der Waals surface area contributed by atoms with Crippen LogP contribution in [0.4, 0.5) is 0 Å². The number of thioether (sulfide) groups is 1. The van der Waals surface area contributed by atoms with Gasteiger partial charge in [0.1, 0.15) is 0 Å². The van der Waals surface area contributed by atoms with Crippen LogP contribution in [0.2, 0.25) is 0 Å². The van der Waals surface area contributed by atoms with E-state index in [2.05, 4.69) is 20.9 Å². The zero-order chi connectivity index (χ0) is 17.4. The van der Waals surface area contributed by atoms with E-state index in [9.17, 15) is 9.59 Å². The van der Waals surface area contributed by atoms with E-state index >= 15 is 0 Å². The highest BCUT2D eigenvalue weighted by Crippen LogP contribution is 2.43. The second-order valence-electron chi connectivity index (χ2n) is 5.54. The van der Waals surface area contributed by atoms with Crippen molar-refractivity contribution in [3.05, 3.63) is 45.6 Å². The van der Waals surface area contributed by atoms with Crippen molar-refractivity contribution < 1.29 is 14.3 Å². The summed E-state index contributed by atoms with van der Waals surface area (Å²) < 4.78 is 6.11. The van der Waals surface area contributed by atoms with Gasteiger partial charge in [-0.1, -0.05) is 39.8 Å². The Morgan fingerprint density at radius 1 is 1.46 bits per heavy atom. The van der Waals surface area contributed by atoms with E-state index in [0.29, 0.717) is 16.4 Å². The van der Waals surface area contributed by atoms with E-state index < -0.39 is 12.0 Å². The van der Waals surface area contributed by atoms with Crippen molar-refractivity contribution in [1.82, 2.24) is 4.90 Å². The Balaban J connectivity index is 2.16. The third-order valence-electron chi connectivity index (χ3n) is 3.92. The maximum Gasteiger partial charge on any atom is 0.338 e. The fourth-order valence-electron chi connectivity index (χ4n) is 2.86. The lowest BCUT2D eigenvalue weighted by Crippen LogP contribution is -2.40. The summed E-state index contributed by atoms with van der Waals surface area (Å²) in [6.45, 7) is 5.68. The smallest absolute Gasteiger partial charge is 0.338 e. The lowest BCUT2D eigenvalue weighted by molar-refractivity contribution is -0.139. The molecule has 0 unspecified atom stereocenters. The van der Waals surface area contributed by atoms with Gasteiger partial charge in [0.2, 0.25) is 5.91 Å². The molecule has 5 nitrogen and oxygen atoms in total. The number of carbonyl (C=O) groups is 2. The van der Waals surface area contributed by atoms with Crippen molar-refractivity contribution in [1.29, 1.82) is 0 Å². The number of hydrogen-bond donors (Lipinski definition) is 0. The Morgan fingerprint density at radius 3 is 2.88 bits per heavy atom. The molecule has 7 heteroatoms. The molecule has 1 amide bonds. The standard InChI is InChI=1S/C17H17BrN2O3S/c1-4-23-16(22)13-9(2)19-17-20(15(21)10(3)24-17)14(13)11-6-5-7-12(18)8-11/h5-8,10,14H,4H2,1-3H3/t10-,14+/m0/s1. The molecule has 3 rings (SSSR count). The van der Waals surface area contributed by atoms with Gasteiger partial charge in [0, 0.05) is 4.47 Å². The van der Waals surface area contributed by atoms with Gasteiger partial charge < -0.3 is 4.74 Å². The highest BCUT2D eigenvalue weighted by molar-refractivity contribution is 9.10. The van der Waals surface area contributed by atoms with E-state index in [1.54, 1.807) is 18.7 Å². The molecule has 0 aliphatic carbocycles. The molecular formula is C17H17BrN2O3S. The van der Waals surface area contributed by atoms with Gasteiger partial charge in [-0.25, -0.2) is 9.79 Å². The second-order valence-corrected chi connectivity index (χ2v) is 7.76. The zero-order valence-electron chi connectivity index (χ0n) is 13.6. The summed E-state index contributed by atoms with van der Waals surface area (Å²) in [5.74, 6) is -0.474. The molecule has 0 saturated carbocycles. The largest absolute Gasteiger partial charge is 0.463 e. The number of nitrogens with zero attached hydrogens (tertiary/aromatic N) is 2. The summed E-state index contributed by atoms with van der Waals surface area (Å²) in [5.41, 5.74) is 1.86. The molecule has 0 radical (unpaired) electrons. The van der Waals surface area contributed by atoms with Crippen molar-refractivity contribution in [3.8, 4) is 0 Å². The van der Waals surface area contributed by atoms with Crippen LogP contribution >= 0.6 is 27.7 Å². The van der Waals surface area contributed by atoms with Crippen LogP contribution in [0.1, 0.15) is 32.4 Å². The molecule has 2 aliphatic rings. The van der Waals surface area contributed by atoms with Crippen molar-refractivity contribution in [2.75, 3.05) is 6.61 Å². The Morgan fingerprint density at radius 2 is 2.21 bits per heavy atom. The highest BCUT2D eigenvalue weighted by Gasteiger charge is 2.46. The molecule has 1 aromatic rings. The van der Waals surface area contributed by atoms with E-state index in [1.165, 1.54) is 11.8 Å². The van der Waals surface area contributed by atoms with Crippen molar-refractivity contribution in [2.45, 2.75) is 32.1 Å². The number of ether oxygens (including phenoxy) is 1. The molecule has 0 aromatic heterocycles. The molecular weight excluding hydrogens is 392 g/mol. The molecule has 24 heavy (non-hydrogen) atoms. The minimum absolute atomic E-state index is 0.0435. The Labute approximate surface area is 153 Å². The highest BCUT2D eigenvalue weighted by atomic mass is 79.9. The summed E-state index contributed by atoms with van der Waals surface area (Å²) in [6.07, 6.45) is 0. The van der Waals surface area contributed by atoms with Gasteiger partial charge in [0.05, 0.1) is 29.2 Å². The van der Waals surface area contributed by atoms with Gasteiger partial charge in [-0.3, -0.25) is 9.69 Å². The molecule has 2 atom stereocenters. The number of halogens is 1. The van der Waals surface area contributed by atoms with E-state index in [4.69, 9.17) is 4.74 Å². The molecule has 2 heterocycles. The number of allylic oxidation sites excluding steroid dienone is 1. The quantitative estimate of drug-likeness (QED) is 0.715. The maximum atomic E-state index is 12.7. The number of hydrogen-bond acceptors (Lipinski definition) is 5. The summed E-state index contributed by atoms with van der Waals surface area (Å²) in [5, 5.41) is 0.427. The molecule has 2 aliphatic heterocycles. The average Bonchev–Trinajstić information content (AvgIpc) is 2.80. The van der Waals surface area contributed by atoms with Crippen LogP contribution < -0.4 is 0 Å². The van der Waals surface area contributed by atoms with Gasteiger partial charge in [0.25, 0.3) is 0 Å². The van der Waals surface area contributed by atoms with Crippen LogP contribution in [-0.2, 0) is 14.3 Å². The fraction of sp³-hybridized carbons (Fsp3) is 0.353. The fourth-order valence-corrected chi connectivity index (χ4v) is 4.31. The topological polar surface area (TPSA) is 59.0 Å². The molecule has 126 valence electrons. The first-order chi connectivity index (χ1) is 11.4. The van der Waals surface area contributed by atoms with Gasteiger partial charge in [-0.2, -0.15) is 0 Å². The minimum Gasteiger partial charge on any atom is -0.463 e. The maximum absolute atomic E-state index is 12.7. The predicted octanol–water partition coefficient (Wildman–Crippen LogP) is 3.66. The monoisotopic (exact) mass is 408 g/mol. The normalized spacial score (nSPS) is 23.2. The van der Waals surface area contributed by atoms with Crippen LogP contribution in [0.15, 0.2) is 45.0 Å². The second kappa shape index (κ2) is 6.72. The molecule has 0 spiro atoms. The SMILES string of the molecule is CCOC(=O)C1=C(C)N=C2S[C@@H](C)C(=O)N2[C@@H]1c1cccc(Br)c1. The number of aliphatic imine (C=N–C) groups is 1. The minimum atomic E-state index is -0.515. The van der Waals surface area contributed by atoms with Gasteiger partial charge in [-0.05, 0) is 38.5 Å². The summed E-state index contributed by atoms with van der Waals surface area (Å²) >= 11 is 4.88. The lowest BCUT2D eigenvalue weighted by atomic mass is 9.94. The van der Waals surface area contributed by atoms with Crippen molar-refractivity contribution >= 4 is 44.7 Å². The lowest BCUT2D eigenvalue weighted by Gasteiger charge is -2.33. The first-order valence-corrected chi connectivity index (χ1v) is 9.33. The first kappa shape index (κ1) is 17.2. The van der Waals surface area contributed by atoms with Crippen LogP contribution in [0.5, 0.6) is 0 Å². The summed E-state index contributed by atoms with van der Waals surface area (Å²) in [4.78, 5) is 31.3. The molecule has 1 aromatic carbocycles. The predicted molar refractivity (Wildman–Crippen MR) is 97.6 cm³/mol. The number of benzene rings is 1. The van der Waals surface area contributed by atoms with E-state index in [-0.39, 0.29) is 17.8 Å². The molecule has 0 N–H and O–H groups in total. The Hall–Kier alpha value is -1.60. The van der Waals surface area contributed by atoms with Gasteiger partial charge >= 0.3 is 5.97 Å². The van der Waals surface area contributed by atoms with Crippen LogP contribution in [0.3, 0.4) is 0 Å². The third-order valence-corrected chi connectivity index (χ3v) is 5.47. The Bertz CT molecular complexity index is 775. The van der Waals surface area contributed by atoms with Gasteiger partial charge in [-0.15, -0.1) is 0 Å². The first-order valence-electron chi connectivity index (χ1n) is 7.65. The van der Waals surface area contributed by atoms with E-state index in [1.807, 2.05) is 31.2 Å². The summed E-state index contributed by atoms with van der Waals surface area (Å²) in [7, 11) is 0. The van der Waals surface area contributed by atoms with Crippen LogP contribution in [0, 0.1) is 0 Å². The van der Waals surface area contributed by atoms with Crippen LogP contribution in [0.25, 0.3) is 0 Å². The molecule has 1 saturated heterocycles. The van der Waals surface area contributed by atoms with E-state index in [0.717, 1.165) is 10.0 Å². The third kappa shape index (κ3) is 2.91.